The zero-order valence-electron chi connectivity index (χ0n) is 15.6. The number of urea groups is 1. The van der Waals surface area contributed by atoms with E-state index < -0.39 is 0 Å². The number of para-hydroxylation sites is 1. The van der Waals surface area contributed by atoms with Gasteiger partial charge in [-0.1, -0.05) is 12.1 Å². The number of nitrogens with one attached hydrogen (secondary N) is 1. The van der Waals surface area contributed by atoms with Crippen LogP contribution in [0.3, 0.4) is 0 Å². The highest BCUT2D eigenvalue weighted by Gasteiger charge is 2.22. The van der Waals surface area contributed by atoms with Gasteiger partial charge in [0.2, 0.25) is 0 Å². The summed E-state index contributed by atoms with van der Waals surface area (Å²) in [6, 6.07) is 16.3. The molecule has 0 aromatic heterocycles. The lowest BCUT2D eigenvalue weighted by molar-refractivity contribution is 0.208. The molecule has 1 aliphatic heterocycles. The van der Waals surface area contributed by atoms with Gasteiger partial charge in [0.25, 0.3) is 0 Å². The standard InChI is InChI=1S/C20H26N4OS/c1-22(2)17-10-8-16(9-11-17)21-20(25)24-14-12-23(13-15-24)18-6-4-5-7-19(18)26-3/h4-11H,12-15H2,1-3H3,(H,21,25). The zero-order chi connectivity index (χ0) is 18.5. The van der Waals surface area contributed by atoms with Gasteiger partial charge in [-0.05, 0) is 42.7 Å². The van der Waals surface area contributed by atoms with Crippen molar-refractivity contribution in [1.82, 2.24) is 4.90 Å². The summed E-state index contributed by atoms with van der Waals surface area (Å²) in [6.07, 6.45) is 2.10. The molecule has 138 valence electrons. The molecule has 1 aliphatic rings. The first-order valence-corrected chi connectivity index (χ1v) is 10.0. The number of thioether (sulfide) groups is 1. The second-order valence-corrected chi connectivity index (χ2v) is 7.37. The molecule has 6 heteroatoms. The normalized spacial score (nSPS) is 14.3. The average Bonchev–Trinajstić information content (AvgIpc) is 2.68. The second-order valence-electron chi connectivity index (χ2n) is 6.52. The SMILES string of the molecule is CSc1ccccc1N1CCN(C(=O)Nc2ccc(N(C)C)cc2)CC1. The summed E-state index contributed by atoms with van der Waals surface area (Å²) < 4.78 is 0. The van der Waals surface area contributed by atoms with Crippen molar-refractivity contribution >= 4 is 34.9 Å². The molecule has 0 saturated carbocycles. The van der Waals surface area contributed by atoms with Crippen molar-refractivity contribution in [2.75, 3.05) is 61.6 Å². The maximum absolute atomic E-state index is 12.5. The Kier molecular flexibility index (Phi) is 5.93. The third kappa shape index (κ3) is 4.25. The van der Waals surface area contributed by atoms with E-state index in [2.05, 4.69) is 40.7 Å². The minimum Gasteiger partial charge on any atom is -0.378 e. The molecule has 2 aromatic carbocycles. The molecule has 26 heavy (non-hydrogen) atoms. The molecule has 0 radical (unpaired) electrons. The van der Waals surface area contributed by atoms with E-state index in [9.17, 15) is 4.79 Å². The smallest absolute Gasteiger partial charge is 0.321 e. The van der Waals surface area contributed by atoms with Gasteiger partial charge in [-0.25, -0.2) is 4.79 Å². The molecule has 0 spiro atoms. The van der Waals surface area contributed by atoms with E-state index >= 15 is 0 Å². The predicted molar refractivity (Wildman–Crippen MR) is 112 cm³/mol. The lowest BCUT2D eigenvalue weighted by Gasteiger charge is -2.36. The number of hydrogen-bond acceptors (Lipinski definition) is 4. The molecule has 1 heterocycles. The maximum Gasteiger partial charge on any atom is 0.321 e. The number of benzene rings is 2. The lowest BCUT2D eigenvalue weighted by atomic mass is 10.2. The summed E-state index contributed by atoms with van der Waals surface area (Å²) in [6.45, 7) is 3.16. The van der Waals surface area contributed by atoms with E-state index in [-0.39, 0.29) is 6.03 Å². The Labute approximate surface area is 160 Å². The Morgan fingerprint density at radius 2 is 1.65 bits per heavy atom. The van der Waals surface area contributed by atoms with Gasteiger partial charge in [0, 0.05) is 56.5 Å². The van der Waals surface area contributed by atoms with Crippen LogP contribution in [0.5, 0.6) is 0 Å². The Bertz CT molecular complexity index is 740. The van der Waals surface area contributed by atoms with Crippen molar-refractivity contribution in [3.63, 3.8) is 0 Å². The van der Waals surface area contributed by atoms with Crippen LogP contribution in [-0.4, -0.2) is 57.5 Å². The largest absolute Gasteiger partial charge is 0.378 e. The minimum absolute atomic E-state index is 0.0274. The van der Waals surface area contributed by atoms with Crippen molar-refractivity contribution in [2.24, 2.45) is 0 Å². The molecule has 5 nitrogen and oxygen atoms in total. The van der Waals surface area contributed by atoms with Crippen molar-refractivity contribution < 1.29 is 4.79 Å². The number of rotatable bonds is 4. The number of carbonyl (C=O) groups is 1. The summed E-state index contributed by atoms with van der Waals surface area (Å²) in [5, 5.41) is 3.00. The molecular formula is C20H26N4OS. The van der Waals surface area contributed by atoms with Crippen LogP contribution in [0.4, 0.5) is 21.9 Å². The Morgan fingerprint density at radius 3 is 2.27 bits per heavy atom. The molecule has 2 amide bonds. The van der Waals surface area contributed by atoms with Crippen LogP contribution in [0.25, 0.3) is 0 Å². The molecule has 3 rings (SSSR count). The molecule has 2 aromatic rings. The van der Waals surface area contributed by atoms with Crippen molar-refractivity contribution in [2.45, 2.75) is 4.90 Å². The van der Waals surface area contributed by atoms with Gasteiger partial charge in [0.05, 0.1) is 5.69 Å². The van der Waals surface area contributed by atoms with Crippen LogP contribution < -0.4 is 15.1 Å². The number of nitrogens with zero attached hydrogens (tertiary/aromatic N) is 3. The number of carbonyl (C=O) groups excluding carboxylic acids is 1. The number of anilines is 3. The fourth-order valence-corrected chi connectivity index (χ4v) is 3.71. The average molecular weight is 371 g/mol. The third-order valence-electron chi connectivity index (χ3n) is 4.63. The quantitative estimate of drug-likeness (QED) is 0.830. The monoisotopic (exact) mass is 370 g/mol. The van der Waals surface area contributed by atoms with Gasteiger partial charge in [0.1, 0.15) is 0 Å². The molecular weight excluding hydrogens is 344 g/mol. The van der Waals surface area contributed by atoms with Crippen LogP contribution in [0.1, 0.15) is 0 Å². The van der Waals surface area contributed by atoms with Crippen LogP contribution >= 0.6 is 11.8 Å². The highest BCUT2D eigenvalue weighted by Crippen LogP contribution is 2.29. The number of piperazine rings is 1. The van der Waals surface area contributed by atoms with Crippen molar-refractivity contribution in [1.29, 1.82) is 0 Å². The van der Waals surface area contributed by atoms with Crippen LogP contribution in [0.15, 0.2) is 53.4 Å². The first-order valence-electron chi connectivity index (χ1n) is 8.80. The first-order chi connectivity index (χ1) is 12.6. The number of amides is 2. The summed E-state index contributed by atoms with van der Waals surface area (Å²) in [5.74, 6) is 0. The third-order valence-corrected chi connectivity index (χ3v) is 5.41. The molecule has 1 N–H and O–H groups in total. The molecule has 1 fully saturated rings. The molecule has 1 saturated heterocycles. The van der Waals surface area contributed by atoms with Crippen LogP contribution in [0.2, 0.25) is 0 Å². The van der Waals surface area contributed by atoms with E-state index in [4.69, 9.17) is 0 Å². The van der Waals surface area contributed by atoms with Gasteiger partial charge in [0.15, 0.2) is 0 Å². The minimum atomic E-state index is -0.0274. The summed E-state index contributed by atoms with van der Waals surface area (Å²) in [7, 11) is 4.00. The number of hydrogen-bond donors (Lipinski definition) is 1. The highest BCUT2D eigenvalue weighted by atomic mass is 32.2. The Balaban J connectivity index is 1.56. The Morgan fingerprint density at radius 1 is 1.00 bits per heavy atom. The van der Waals surface area contributed by atoms with Crippen LogP contribution in [-0.2, 0) is 0 Å². The van der Waals surface area contributed by atoms with Crippen molar-refractivity contribution in [3.8, 4) is 0 Å². The molecule has 0 atom stereocenters. The van der Waals surface area contributed by atoms with Gasteiger partial charge in [-0.15, -0.1) is 11.8 Å². The van der Waals surface area contributed by atoms with Gasteiger partial charge in [-0.3, -0.25) is 0 Å². The van der Waals surface area contributed by atoms with Gasteiger partial charge < -0.3 is 20.0 Å². The topological polar surface area (TPSA) is 38.8 Å². The fourth-order valence-electron chi connectivity index (χ4n) is 3.09. The molecule has 0 aliphatic carbocycles. The van der Waals surface area contributed by atoms with Gasteiger partial charge in [-0.2, -0.15) is 0 Å². The van der Waals surface area contributed by atoms with E-state index in [1.54, 1.807) is 11.8 Å². The van der Waals surface area contributed by atoms with Crippen LogP contribution in [0, 0.1) is 0 Å². The summed E-state index contributed by atoms with van der Waals surface area (Å²) >= 11 is 1.76. The van der Waals surface area contributed by atoms with E-state index in [1.165, 1.54) is 10.6 Å². The van der Waals surface area contributed by atoms with E-state index in [1.807, 2.05) is 48.2 Å². The predicted octanol–water partition coefficient (Wildman–Crippen LogP) is 3.83. The second kappa shape index (κ2) is 8.36. The lowest BCUT2D eigenvalue weighted by Crippen LogP contribution is -2.50. The molecule has 0 unspecified atom stereocenters. The summed E-state index contributed by atoms with van der Waals surface area (Å²) in [4.78, 5) is 20.1. The Hall–Kier alpha value is -2.34. The zero-order valence-corrected chi connectivity index (χ0v) is 16.4. The maximum atomic E-state index is 12.5. The molecule has 0 bridgehead atoms. The first kappa shape index (κ1) is 18.5. The highest BCUT2D eigenvalue weighted by molar-refractivity contribution is 7.98. The van der Waals surface area contributed by atoms with Gasteiger partial charge >= 0.3 is 6.03 Å². The van der Waals surface area contributed by atoms with E-state index in [0.29, 0.717) is 0 Å². The fraction of sp³-hybridized carbons (Fsp3) is 0.350. The van der Waals surface area contributed by atoms with E-state index in [0.717, 1.165) is 37.6 Å². The van der Waals surface area contributed by atoms with Crippen molar-refractivity contribution in [3.05, 3.63) is 48.5 Å². The summed E-state index contributed by atoms with van der Waals surface area (Å²) in [5.41, 5.74) is 3.21.